The smallest absolute Gasteiger partial charge is 0.337 e. The van der Waals surface area contributed by atoms with Crippen LogP contribution in [0.5, 0.6) is 0 Å². The van der Waals surface area contributed by atoms with Crippen molar-refractivity contribution in [2.75, 3.05) is 18.5 Å². The molecule has 1 rings (SSSR count). The van der Waals surface area contributed by atoms with Crippen LogP contribution in [0.1, 0.15) is 41.5 Å². The Morgan fingerprint density at radius 3 is 1.97 bits per heavy atom. The lowest BCUT2D eigenvalue weighted by molar-refractivity contribution is -0.155. The summed E-state index contributed by atoms with van der Waals surface area (Å²) in [6, 6.07) is 0. The summed E-state index contributed by atoms with van der Waals surface area (Å²) >= 11 is 5.41. The predicted octanol–water partition coefficient (Wildman–Crippen LogP) is 2.38. The highest BCUT2D eigenvalue weighted by Crippen LogP contribution is 2.35. The van der Waals surface area contributed by atoms with Crippen LogP contribution in [0.25, 0.3) is 0 Å². The minimum atomic E-state index is -1.26. The van der Waals surface area contributed by atoms with E-state index in [1.165, 1.54) is 20.8 Å². The van der Waals surface area contributed by atoms with E-state index in [4.69, 9.17) is 9.47 Å². The van der Waals surface area contributed by atoms with Crippen molar-refractivity contribution in [1.82, 2.24) is 5.32 Å². The van der Waals surface area contributed by atoms with Crippen molar-refractivity contribution in [3.63, 3.8) is 0 Å². The van der Waals surface area contributed by atoms with E-state index in [0.717, 1.165) is 0 Å². The molecule has 1 aromatic carbocycles. The van der Waals surface area contributed by atoms with Gasteiger partial charge < -0.3 is 25.2 Å². The molecule has 0 saturated heterocycles. The van der Waals surface area contributed by atoms with Gasteiger partial charge in [0.2, 0.25) is 5.91 Å². The van der Waals surface area contributed by atoms with Gasteiger partial charge in [-0.1, -0.05) is 0 Å². The van der Waals surface area contributed by atoms with Crippen molar-refractivity contribution in [1.29, 1.82) is 0 Å². The van der Waals surface area contributed by atoms with E-state index in [0.29, 0.717) is 3.57 Å². The van der Waals surface area contributed by atoms with E-state index in [1.54, 1.807) is 45.2 Å². The third-order valence-electron chi connectivity index (χ3n) is 3.35. The second-order valence-corrected chi connectivity index (χ2v) is 9.03. The molecule has 1 unspecified atom stereocenters. The van der Waals surface area contributed by atoms with Crippen LogP contribution in [0, 0.1) is 10.7 Å². The van der Waals surface area contributed by atoms with Crippen molar-refractivity contribution in [3.8, 4) is 0 Å². The Labute approximate surface area is 212 Å². The van der Waals surface area contributed by atoms with E-state index in [2.05, 4.69) is 10.6 Å². The van der Waals surface area contributed by atoms with E-state index in [1.807, 2.05) is 22.6 Å². The van der Waals surface area contributed by atoms with Gasteiger partial charge in [-0.25, -0.2) is 4.79 Å². The molecule has 164 valence electrons. The lowest BCUT2D eigenvalue weighted by Gasteiger charge is -2.20. The van der Waals surface area contributed by atoms with Gasteiger partial charge >= 0.3 is 17.9 Å². The summed E-state index contributed by atoms with van der Waals surface area (Å²) < 4.78 is 10.7. The molecule has 0 spiro atoms. The Kier molecular flexibility index (Phi) is 10.7. The number of nitrogens with one attached hydrogen (secondary N) is 2. The molecule has 0 aliphatic rings. The van der Waals surface area contributed by atoms with Gasteiger partial charge in [-0.15, -0.1) is 0 Å². The summed E-state index contributed by atoms with van der Waals surface area (Å²) in [4.78, 5) is 58.4. The van der Waals surface area contributed by atoms with E-state index < -0.39 is 35.8 Å². The molecule has 2 amide bonds. The van der Waals surface area contributed by atoms with Crippen LogP contribution in [0.3, 0.4) is 0 Å². The van der Waals surface area contributed by atoms with Crippen molar-refractivity contribution < 1.29 is 38.6 Å². The summed E-state index contributed by atoms with van der Waals surface area (Å²) in [7, 11) is 0. The fraction of sp³-hybridized carbons (Fsp3) is 0.353. The largest absolute Gasteiger partial charge is 0.478 e. The standard InChI is InChI=1S/C17H17I3N2O8/c1-6(23)22-15-13(19)10(12(18)11(14(15)20)17(27)28)16(26)21-4-9(30-8(3)25)5-29-7(2)24/h9H,4-5H2,1-3H3,(H,21,26)(H,22,23)(H,27,28). The minimum Gasteiger partial charge on any atom is -0.478 e. The van der Waals surface area contributed by atoms with Gasteiger partial charge in [-0.05, 0) is 67.8 Å². The summed E-state index contributed by atoms with van der Waals surface area (Å²) in [5.41, 5.74) is 0.136. The molecule has 0 aliphatic carbocycles. The maximum absolute atomic E-state index is 12.9. The highest BCUT2D eigenvalue weighted by Gasteiger charge is 2.28. The van der Waals surface area contributed by atoms with Gasteiger partial charge in [0.1, 0.15) is 6.61 Å². The zero-order valence-electron chi connectivity index (χ0n) is 15.9. The first-order valence-corrected chi connectivity index (χ1v) is 11.4. The number of hydrogen-bond donors (Lipinski definition) is 3. The monoisotopic (exact) mass is 758 g/mol. The van der Waals surface area contributed by atoms with Gasteiger partial charge in [0, 0.05) is 24.3 Å². The van der Waals surface area contributed by atoms with E-state index in [-0.39, 0.29) is 37.1 Å². The van der Waals surface area contributed by atoms with Crippen molar-refractivity contribution in [2.24, 2.45) is 0 Å². The number of carboxylic acid groups (broad SMARTS) is 1. The zero-order chi connectivity index (χ0) is 23.2. The van der Waals surface area contributed by atoms with Crippen molar-refractivity contribution >= 4 is 103 Å². The Balaban J connectivity index is 3.28. The second kappa shape index (κ2) is 12.0. The van der Waals surface area contributed by atoms with Gasteiger partial charge in [-0.3, -0.25) is 19.2 Å². The maximum Gasteiger partial charge on any atom is 0.337 e. The number of hydrogen-bond acceptors (Lipinski definition) is 7. The normalized spacial score (nSPS) is 11.3. The SMILES string of the molecule is CC(=O)Nc1c(I)c(C(=O)O)c(I)c(C(=O)NCC(COC(C)=O)OC(C)=O)c1I. The van der Waals surface area contributed by atoms with Gasteiger partial charge in [-0.2, -0.15) is 0 Å². The van der Waals surface area contributed by atoms with Crippen LogP contribution >= 0.6 is 67.8 Å². The number of amides is 2. The number of benzene rings is 1. The Morgan fingerprint density at radius 2 is 1.50 bits per heavy atom. The molecule has 0 saturated carbocycles. The highest BCUT2D eigenvalue weighted by atomic mass is 127. The van der Waals surface area contributed by atoms with Crippen LogP contribution in [-0.2, 0) is 23.9 Å². The molecular weight excluding hydrogens is 741 g/mol. The number of carbonyl (C=O) groups excluding carboxylic acids is 4. The van der Waals surface area contributed by atoms with Crippen LogP contribution in [0.2, 0.25) is 0 Å². The third kappa shape index (κ3) is 7.47. The average Bonchev–Trinajstić information content (AvgIpc) is 2.60. The molecule has 30 heavy (non-hydrogen) atoms. The highest BCUT2D eigenvalue weighted by molar-refractivity contribution is 14.1. The molecule has 0 fully saturated rings. The lowest BCUT2D eigenvalue weighted by atomic mass is 10.1. The number of aromatic carboxylic acids is 1. The van der Waals surface area contributed by atoms with Crippen LogP contribution < -0.4 is 10.6 Å². The molecule has 3 N–H and O–H groups in total. The Morgan fingerprint density at radius 1 is 0.933 bits per heavy atom. The van der Waals surface area contributed by atoms with Gasteiger partial charge in [0.05, 0.1) is 30.5 Å². The van der Waals surface area contributed by atoms with Crippen molar-refractivity contribution in [3.05, 3.63) is 21.8 Å². The molecule has 0 heterocycles. The Bertz CT molecular complexity index is 904. The molecule has 0 bridgehead atoms. The van der Waals surface area contributed by atoms with Gasteiger partial charge in [0.15, 0.2) is 6.10 Å². The molecule has 0 aliphatic heterocycles. The summed E-state index contributed by atoms with van der Waals surface area (Å²) in [5, 5.41) is 14.7. The first kappa shape index (κ1) is 26.8. The quantitative estimate of drug-likeness (QED) is 0.271. The fourth-order valence-corrected chi connectivity index (χ4v) is 6.60. The number of carboxylic acids is 1. The molecule has 13 heteroatoms. The molecular formula is C17H17I3N2O8. The fourth-order valence-electron chi connectivity index (χ4n) is 2.21. The van der Waals surface area contributed by atoms with E-state index in [9.17, 15) is 29.1 Å². The molecule has 1 aromatic rings. The van der Waals surface area contributed by atoms with Gasteiger partial charge in [0.25, 0.3) is 5.91 Å². The molecule has 10 nitrogen and oxygen atoms in total. The van der Waals surface area contributed by atoms with Crippen LogP contribution in [-0.4, -0.2) is 54.1 Å². The molecule has 1 atom stereocenters. The van der Waals surface area contributed by atoms with Crippen LogP contribution in [0.4, 0.5) is 5.69 Å². The molecule has 0 aromatic heterocycles. The number of rotatable bonds is 8. The number of ether oxygens (including phenoxy) is 2. The minimum absolute atomic E-state index is 0.0480. The summed E-state index contributed by atoms with van der Waals surface area (Å²) in [5.74, 6) is -3.53. The van der Waals surface area contributed by atoms with E-state index >= 15 is 0 Å². The summed E-state index contributed by atoms with van der Waals surface area (Å²) in [6.45, 7) is 3.20. The number of anilines is 1. The first-order chi connectivity index (χ1) is 13.9. The average molecular weight is 758 g/mol. The Hall–Kier alpha value is -1.24. The number of halogens is 3. The summed E-state index contributed by atoms with van der Waals surface area (Å²) in [6.07, 6.45) is -0.928. The lowest BCUT2D eigenvalue weighted by Crippen LogP contribution is -2.38. The number of carbonyl (C=O) groups is 5. The topological polar surface area (TPSA) is 148 Å². The predicted molar refractivity (Wildman–Crippen MR) is 130 cm³/mol. The van der Waals surface area contributed by atoms with Crippen molar-refractivity contribution in [2.45, 2.75) is 26.9 Å². The maximum atomic E-state index is 12.9. The second-order valence-electron chi connectivity index (χ2n) is 5.80. The van der Waals surface area contributed by atoms with Crippen LogP contribution in [0.15, 0.2) is 0 Å². The zero-order valence-corrected chi connectivity index (χ0v) is 22.4. The number of esters is 2. The first-order valence-electron chi connectivity index (χ1n) is 8.16. The third-order valence-corrected chi connectivity index (χ3v) is 6.59. The molecule has 0 radical (unpaired) electrons.